The summed E-state index contributed by atoms with van der Waals surface area (Å²) in [4.78, 5) is 9.33. The molecule has 3 rings (SSSR count). The average molecular weight is 248 g/mol. The monoisotopic (exact) mass is 248 g/mol. The minimum Gasteiger partial charge on any atom is -0.303 e. The van der Waals surface area contributed by atoms with Crippen LogP contribution in [-0.2, 0) is 13.0 Å². The van der Waals surface area contributed by atoms with E-state index in [1.54, 1.807) is 0 Å². The summed E-state index contributed by atoms with van der Waals surface area (Å²) < 4.78 is 2.19. The zero-order chi connectivity index (χ0) is 12.5. The van der Waals surface area contributed by atoms with Gasteiger partial charge in [-0.15, -0.1) is 4.68 Å². The van der Waals surface area contributed by atoms with Gasteiger partial charge in [-0.2, -0.15) is 0 Å². The molecule has 0 unspecified atom stereocenters. The van der Waals surface area contributed by atoms with Gasteiger partial charge in [0, 0.05) is 25.2 Å². The van der Waals surface area contributed by atoms with Gasteiger partial charge in [0.1, 0.15) is 6.20 Å². The molecule has 0 N–H and O–H groups in total. The Bertz CT molecular complexity index is 425. The molecule has 1 saturated heterocycles. The van der Waals surface area contributed by atoms with Gasteiger partial charge < -0.3 is 4.90 Å². The van der Waals surface area contributed by atoms with Crippen molar-refractivity contribution in [3.8, 4) is 0 Å². The van der Waals surface area contributed by atoms with E-state index in [0.717, 1.165) is 45.7 Å². The highest BCUT2D eigenvalue weighted by Gasteiger charge is 2.23. The van der Waals surface area contributed by atoms with Gasteiger partial charge in [0.2, 0.25) is 0 Å². The molecule has 5 heteroatoms. The number of nitrogens with zero attached hydrogens (tertiary/aromatic N) is 5. The minimum absolute atomic E-state index is 0.985. The van der Waals surface area contributed by atoms with E-state index in [-0.39, 0.29) is 0 Å². The quantitative estimate of drug-likeness (QED) is 0.611. The van der Waals surface area contributed by atoms with Crippen molar-refractivity contribution in [2.24, 2.45) is 0 Å². The second kappa shape index (κ2) is 4.82. The summed E-state index contributed by atoms with van der Waals surface area (Å²) >= 11 is 0. The van der Waals surface area contributed by atoms with E-state index in [2.05, 4.69) is 44.8 Å². The third-order valence-electron chi connectivity index (χ3n) is 3.98. The second-order valence-electron chi connectivity index (χ2n) is 5.47. The Morgan fingerprint density at radius 3 is 2.61 bits per heavy atom. The minimum atomic E-state index is 0.985. The fourth-order valence-corrected chi connectivity index (χ4v) is 2.66. The van der Waals surface area contributed by atoms with Crippen molar-refractivity contribution in [2.75, 3.05) is 51.8 Å². The van der Waals surface area contributed by atoms with Gasteiger partial charge in [-0.05, 0) is 25.5 Å². The maximum absolute atomic E-state index is 4.63. The van der Waals surface area contributed by atoms with Gasteiger partial charge in [-0.25, -0.2) is 5.01 Å². The van der Waals surface area contributed by atoms with Gasteiger partial charge in [0.05, 0.1) is 19.6 Å². The van der Waals surface area contributed by atoms with E-state index < -0.39 is 0 Å². The van der Waals surface area contributed by atoms with Gasteiger partial charge in [-0.3, -0.25) is 4.90 Å². The highest BCUT2D eigenvalue weighted by atomic mass is 15.6. The van der Waals surface area contributed by atoms with Crippen LogP contribution in [0.1, 0.15) is 11.3 Å². The molecule has 1 aromatic rings. The first-order valence-corrected chi connectivity index (χ1v) is 6.74. The van der Waals surface area contributed by atoms with E-state index in [9.17, 15) is 0 Å². The molecule has 5 nitrogen and oxygen atoms in total. The van der Waals surface area contributed by atoms with Crippen molar-refractivity contribution in [1.29, 1.82) is 0 Å². The Balaban J connectivity index is 1.78. The predicted octanol–water partition coefficient (Wildman–Crippen LogP) is -0.760. The molecule has 3 heterocycles. The number of aromatic nitrogens is 2. The van der Waals surface area contributed by atoms with Crippen LogP contribution in [0.5, 0.6) is 0 Å². The Kier molecular flexibility index (Phi) is 3.18. The van der Waals surface area contributed by atoms with Crippen LogP contribution in [0.4, 0.5) is 0 Å². The zero-order valence-electron chi connectivity index (χ0n) is 11.3. The summed E-state index contributed by atoms with van der Waals surface area (Å²) in [5, 5.41) is 2.38. The second-order valence-corrected chi connectivity index (χ2v) is 5.47. The number of likely N-dealkylation sites (N-methyl/N-ethyl adjacent to an activating group) is 2. The fourth-order valence-electron chi connectivity index (χ4n) is 2.66. The Hall–Kier alpha value is -1.20. The summed E-state index contributed by atoms with van der Waals surface area (Å²) in [5.74, 6) is 0. The maximum Gasteiger partial charge on any atom is 0.309 e. The number of hydrogen-bond acceptors (Lipinski definition) is 4. The van der Waals surface area contributed by atoms with Gasteiger partial charge in [-0.1, -0.05) is 0 Å². The fraction of sp³-hybridized carbons (Fsp3) is 0.692. The molecule has 0 aliphatic carbocycles. The number of fused-ring (bicyclic) bond motifs is 1. The lowest BCUT2D eigenvalue weighted by Crippen LogP contribution is -2.64. The SMILES string of the molecule is CN1CCN([n+]2cnc3c(c2)CCN(C)C3)CC1. The van der Waals surface area contributed by atoms with Crippen molar-refractivity contribution in [3.05, 3.63) is 23.8 Å². The topological polar surface area (TPSA) is 26.5 Å². The standard InChI is InChI=1S/C13H22N5/c1-15-5-7-17(8-6-15)18-9-12-3-4-16(2)10-13(12)14-11-18/h9,11H,3-8,10H2,1-2H3/q+1. The summed E-state index contributed by atoms with van der Waals surface area (Å²) in [5.41, 5.74) is 2.66. The lowest BCUT2D eigenvalue weighted by Gasteiger charge is -2.31. The molecule has 2 aliphatic heterocycles. The smallest absolute Gasteiger partial charge is 0.303 e. The molecule has 0 aromatic carbocycles. The number of hydrogen-bond donors (Lipinski definition) is 0. The summed E-state index contributed by atoms with van der Waals surface area (Å²) in [6.45, 7) is 6.56. The van der Waals surface area contributed by atoms with Crippen molar-refractivity contribution in [3.63, 3.8) is 0 Å². The number of piperazine rings is 1. The molecule has 0 bridgehead atoms. The summed E-state index contributed by atoms with van der Waals surface area (Å²) in [6, 6.07) is 0. The third-order valence-corrected chi connectivity index (χ3v) is 3.98. The third kappa shape index (κ3) is 2.33. The van der Waals surface area contributed by atoms with Crippen molar-refractivity contribution >= 4 is 0 Å². The molecular formula is C13H22N5+. The van der Waals surface area contributed by atoms with Crippen molar-refractivity contribution in [2.45, 2.75) is 13.0 Å². The average Bonchev–Trinajstić information content (AvgIpc) is 2.39. The molecule has 0 saturated carbocycles. The van der Waals surface area contributed by atoms with E-state index in [0.29, 0.717) is 0 Å². The van der Waals surface area contributed by atoms with Crippen LogP contribution in [0.3, 0.4) is 0 Å². The summed E-state index contributed by atoms with van der Waals surface area (Å²) in [7, 11) is 4.34. The molecule has 0 spiro atoms. The molecule has 2 aliphatic rings. The van der Waals surface area contributed by atoms with Crippen molar-refractivity contribution < 1.29 is 4.68 Å². The van der Waals surface area contributed by atoms with Crippen LogP contribution in [0, 0.1) is 0 Å². The first-order chi connectivity index (χ1) is 8.72. The Morgan fingerprint density at radius 2 is 1.83 bits per heavy atom. The molecule has 18 heavy (non-hydrogen) atoms. The van der Waals surface area contributed by atoms with Crippen LogP contribution in [0.25, 0.3) is 0 Å². The first-order valence-electron chi connectivity index (χ1n) is 6.74. The van der Waals surface area contributed by atoms with Crippen molar-refractivity contribution in [1.82, 2.24) is 14.8 Å². The predicted molar refractivity (Wildman–Crippen MR) is 69.9 cm³/mol. The van der Waals surface area contributed by atoms with Gasteiger partial charge in [0.15, 0.2) is 5.69 Å². The molecule has 1 fully saturated rings. The van der Waals surface area contributed by atoms with Crippen LogP contribution < -0.4 is 9.69 Å². The lowest BCUT2D eigenvalue weighted by molar-refractivity contribution is -0.697. The highest BCUT2D eigenvalue weighted by Crippen LogP contribution is 2.12. The normalized spacial score (nSPS) is 22.0. The van der Waals surface area contributed by atoms with Crippen LogP contribution in [0.15, 0.2) is 12.5 Å². The highest BCUT2D eigenvalue weighted by molar-refractivity contribution is 5.17. The molecule has 0 radical (unpaired) electrons. The van der Waals surface area contributed by atoms with E-state index in [1.165, 1.54) is 11.3 Å². The molecule has 0 atom stereocenters. The van der Waals surface area contributed by atoms with Gasteiger partial charge in [0.25, 0.3) is 0 Å². The van der Waals surface area contributed by atoms with E-state index in [1.807, 2.05) is 6.33 Å². The van der Waals surface area contributed by atoms with Crippen LogP contribution in [-0.4, -0.2) is 61.6 Å². The lowest BCUT2D eigenvalue weighted by atomic mass is 10.1. The largest absolute Gasteiger partial charge is 0.309 e. The molecule has 0 amide bonds. The summed E-state index contributed by atoms with van der Waals surface area (Å²) in [6.07, 6.45) is 5.37. The Morgan fingerprint density at radius 1 is 1.06 bits per heavy atom. The molecular weight excluding hydrogens is 226 g/mol. The van der Waals surface area contributed by atoms with Gasteiger partial charge >= 0.3 is 6.33 Å². The molecule has 98 valence electrons. The zero-order valence-corrected chi connectivity index (χ0v) is 11.3. The maximum atomic E-state index is 4.63. The Labute approximate surface area is 109 Å². The number of rotatable bonds is 1. The van der Waals surface area contributed by atoms with E-state index in [4.69, 9.17) is 0 Å². The molecule has 1 aromatic heterocycles. The first kappa shape index (κ1) is 11.9. The van der Waals surface area contributed by atoms with E-state index >= 15 is 0 Å². The van der Waals surface area contributed by atoms with Crippen LogP contribution >= 0.6 is 0 Å². The van der Waals surface area contributed by atoms with Crippen LogP contribution in [0.2, 0.25) is 0 Å².